The van der Waals surface area contributed by atoms with Gasteiger partial charge in [0.1, 0.15) is 5.75 Å². The molecule has 1 aromatic carbocycles. The monoisotopic (exact) mass is 302 g/mol. The summed E-state index contributed by atoms with van der Waals surface area (Å²) in [6.07, 6.45) is -0.927. The predicted molar refractivity (Wildman–Crippen MR) is 81.1 cm³/mol. The van der Waals surface area contributed by atoms with Crippen LogP contribution in [-0.2, 0) is 4.74 Å². The highest BCUT2D eigenvalue weighted by molar-refractivity contribution is 6.27. The van der Waals surface area contributed by atoms with Gasteiger partial charge in [-0.2, -0.15) is 0 Å². The summed E-state index contributed by atoms with van der Waals surface area (Å²) in [5.74, 6) is -0.490. The Kier molecular flexibility index (Phi) is 4.47. The largest absolute Gasteiger partial charge is 0.496 e. The summed E-state index contributed by atoms with van der Waals surface area (Å²) in [6.45, 7) is 5.31. The van der Waals surface area contributed by atoms with Crippen molar-refractivity contribution in [1.82, 2.24) is 0 Å². The van der Waals surface area contributed by atoms with Gasteiger partial charge in [0.2, 0.25) is 5.78 Å². The molecule has 5 nitrogen and oxygen atoms in total. The van der Waals surface area contributed by atoms with Crippen LogP contribution in [0.25, 0.3) is 0 Å². The zero-order chi connectivity index (χ0) is 16.4. The van der Waals surface area contributed by atoms with Gasteiger partial charge in [-0.3, -0.25) is 9.59 Å². The fourth-order valence-electron chi connectivity index (χ4n) is 2.41. The average Bonchev–Trinajstić information content (AvgIpc) is 2.51. The van der Waals surface area contributed by atoms with E-state index in [0.29, 0.717) is 11.3 Å². The van der Waals surface area contributed by atoms with Gasteiger partial charge in [0.15, 0.2) is 11.5 Å². The van der Waals surface area contributed by atoms with E-state index in [-0.39, 0.29) is 34.7 Å². The van der Waals surface area contributed by atoms with Crippen LogP contribution in [0.3, 0.4) is 0 Å². The van der Waals surface area contributed by atoms with Crippen molar-refractivity contribution >= 4 is 11.6 Å². The minimum absolute atomic E-state index is 0.0142. The van der Waals surface area contributed by atoms with Crippen LogP contribution in [0.2, 0.25) is 0 Å². The number of fused-ring (bicyclic) bond motifs is 1. The average molecular weight is 302 g/mol. The summed E-state index contributed by atoms with van der Waals surface area (Å²) in [7, 11) is 2.76. The number of benzene rings is 1. The van der Waals surface area contributed by atoms with E-state index < -0.39 is 11.9 Å². The molecule has 22 heavy (non-hydrogen) atoms. The zero-order valence-electron chi connectivity index (χ0n) is 12.8. The Morgan fingerprint density at radius 3 is 2.45 bits per heavy atom. The molecule has 0 aliphatic heterocycles. The molecule has 1 aliphatic carbocycles. The highest BCUT2D eigenvalue weighted by Gasteiger charge is 2.36. The number of aliphatic hydroxyl groups excluding tert-OH is 1. The van der Waals surface area contributed by atoms with E-state index in [1.54, 1.807) is 25.1 Å². The molecule has 0 radical (unpaired) electrons. The van der Waals surface area contributed by atoms with Crippen LogP contribution in [0.1, 0.15) is 34.1 Å². The highest BCUT2D eigenvalue weighted by Crippen LogP contribution is 2.34. The molecule has 5 heteroatoms. The van der Waals surface area contributed by atoms with Crippen molar-refractivity contribution in [3.05, 3.63) is 52.8 Å². The van der Waals surface area contributed by atoms with Gasteiger partial charge in [-0.15, -0.1) is 0 Å². The normalized spacial score (nSPS) is 15.5. The predicted octanol–water partition coefficient (Wildman–Crippen LogP) is 2.30. The Balaban J connectivity index is 2.58. The SMILES string of the molecule is C=C(C)[C@H](O)CC1=C(OC)C(=O)c2c(OC)cccc2C1=O. The molecule has 0 fully saturated rings. The Bertz CT molecular complexity index is 684. The van der Waals surface area contributed by atoms with Crippen LogP contribution < -0.4 is 4.74 Å². The van der Waals surface area contributed by atoms with Crippen molar-refractivity contribution in [2.75, 3.05) is 14.2 Å². The van der Waals surface area contributed by atoms with E-state index in [1.807, 2.05) is 0 Å². The van der Waals surface area contributed by atoms with Gasteiger partial charge in [-0.25, -0.2) is 0 Å². The number of methoxy groups -OCH3 is 2. The number of aliphatic hydroxyl groups is 1. The highest BCUT2D eigenvalue weighted by atomic mass is 16.5. The molecule has 0 bridgehead atoms. The maximum absolute atomic E-state index is 12.7. The maximum atomic E-state index is 12.7. The first kappa shape index (κ1) is 16.0. The Morgan fingerprint density at radius 2 is 1.91 bits per heavy atom. The first-order valence-electron chi connectivity index (χ1n) is 6.79. The summed E-state index contributed by atoms with van der Waals surface area (Å²) in [5, 5.41) is 9.97. The lowest BCUT2D eigenvalue weighted by atomic mass is 9.84. The van der Waals surface area contributed by atoms with Crippen LogP contribution in [-0.4, -0.2) is 37.0 Å². The van der Waals surface area contributed by atoms with Crippen LogP contribution >= 0.6 is 0 Å². The molecule has 0 unspecified atom stereocenters. The van der Waals surface area contributed by atoms with Gasteiger partial charge in [-0.05, 0) is 13.0 Å². The fourth-order valence-corrected chi connectivity index (χ4v) is 2.41. The van der Waals surface area contributed by atoms with E-state index in [1.165, 1.54) is 14.2 Å². The lowest BCUT2D eigenvalue weighted by Crippen LogP contribution is -2.26. The van der Waals surface area contributed by atoms with Gasteiger partial charge in [0.05, 0.1) is 25.9 Å². The Labute approximate surface area is 128 Å². The third-order valence-electron chi connectivity index (χ3n) is 3.64. The first-order valence-corrected chi connectivity index (χ1v) is 6.79. The second-order valence-electron chi connectivity index (χ2n) is 5.12. The fraction of sp³-hybridized carbons (Fsp3) is 0.294. The van der Waals surface area contributed by atoms with Gasteiger partial charge in [-0.1, -0.05) is 24.3 Å². The van der Waals surface area contributed by atoms with Crippen molar-refractivity contribution in [3.8, 4) is 5.75 Å². The molecule has 1 N–H and O–H groups in total. The summed E-state index contributed by atoms with van der Waals surface area (Å²) in [4.78, 5) is 25.3. The van der Waals surface area contributed by atoms with E-state index in [2.05, 4.69) is 6.58 Å². The molecule has 0 saturated heterocycles. The molecule has 1 aromatic rings. The van der Waals surface area contributed by atoms with Crippen molar-refractivity contribution in [2.24, 2.45) is 0 Å². The summed E-state index contributed by atoms with van der Waals surface area (Å²) in [6, 6.07) is 4.83. The number of carbonyl (C=O) groups excluding carboxylic acids is 2. The van der Waals surface area contributed by atoms with Crippen molar-refractivity contribution in [2.45, 2.75) is 19.4 Å². The first-order chi connectivity index (χ1) is 10.4. The lowest BCUT2D eigenvalue weighted by molar-refractivity contribution is 0.0891. The quantitative estimate of drug-likeness (QED) is 0.845. The second kappa shape index (κ2) is 6.15. The van der Waals surface area contributed by atoms with E-state index in [4.69, 9.17) is 9.47 Å². The number of hydrogen-bond acceptors (Lipinski definition) is 5. The third-order valence-corrected chi connectivity index (χ3v) is 3.64. The second-order valence-corrected chi connectivity index (χ2v) is 5.12. The van der Waals surface area contributed by atoms with Crippen molar-refractivity contribution in [1.29, 1.82) is 0 Å². The molecule has 0 heterocycles. The number of rotatable bonds is 5. The molecule has 1 atom stereocenters. The molecule has 116 valence electrons. The minimum atomic E-state index is -0.913. The minimum Gasteiger partial charge on any atom is -0.496 e. The Hall–Kier alpha value is -2.40. The summed E-state index contributed by atoms with van der Waals surface area (Å²) >= 11 is 0. The molecule has 2 rings (SSSR count). The number of allylic oxidation sites excluding steroid dienone is 1. The molecule has 0 amide bonds. The lowest BCUT2D eigenvalue weighted by Gasteiger charge is -2.23. The standard InChI is InChI=1S/C17H18O5/c1-9(2)12(18)8-11-15(19)10-6-5-7-13(21-3)14(10)16(20)17(11)22-4/h5-7,12,18H,1,8H2,2-4H3/t12-/m1/s1. The smallest absolute Gasteiger partial charge is 0.232 e. The van der Waals surface area contributed by atoms with Crippen molar-refractivity contribution < 1.29 is 24.2 Å². The van der Waals surface area contributed by atoms with Crippen LogP contribution in [0, 0.1) is 0 Å². The van der Waals surface area contributed by atoms with Crippen LogP contribution in [0.4, 0.5) is 0 Å². The maximum Gasteiger partial charge on any atom is 0.232 e. The summed E-state index contributed by atoms with van der Waals surface area (Å²) < 4.78 is 10.3. The van der Waals surface area contributed by atoms with Crippen LogP contribution in [0.15, 0.2) is 41.7 Å². The molecule has 1 aliphatic rings. The van der Waals surface area contributed by atoms with E-state index >= 15 is 0 Å². The van der Waals surface area contributed by atoms with Gasteiger partial charge in [0.25, 0.3) is 0 Å². The number of ether oxygens (including phenoxy) is 2. The van der Waals surface area contributed by atoms with Crippen molar-refractivity contribution in [3.63, 3.8) is 0 Å². The van der Waals surface area contributed by atoms with E-state index in [0.717, 1.165) is 0 Å². The molecule has 0 saturated carbocycles. The van der Waals surface area contributed by atoms with Gasteiger partial charge in [0, 0.05) is 17.6 Å². The zero-order valence-corrected chi connectivity index (χ0v) is 12.8. The molecular weight excluding hydrogens is 284 g/mol. The van der Waals surface area contributed by atoms with E-state index in [9.17, 15) is 14.7 Å². The molecular formula is C17H18O5. The third kappa shape index (κ3) is 2.55. The van der Waals surface area contributed by atoms with Crippen LogP contribution in [0.5, 0.6) is 5.75 Å². The van der Waals surface area contributed by atoms with Gasteiger partial charge < -0.3 is 14.6 Å². The Morgan fingerprint density at radius 1 is 1.23 bits per heavy atom. The molecule has 0 spiro atoms. The number of hydrogen-bond donors (Lipinski definition) is 1. The number of ketones is 2. The number of Topliss-reactive ketones (excluding diaryl/α,β-unsaturated/α-hetero) is 2. The van der Waals surface area contributed by atoms with Gasteiger partial charge >= 0.3 is 0 Å². The molecule has 0 aromatic heterocycles. The summed E-state index contributed by atoms with van der Waals surface area (Å²) in [5.41, 5.74) is 1.12. The number of carbonyl (C=O) groups is 2. The topological polar surface area (TPSA) is 72.8 Å².